The minimum atomic E-state index is -0.688. The number of likely N-dealkylation sites (tertiary alicyclic amines) is 1. The normalized spacial score (nSPS) is 21.8. The van der Waals surface area contributed by atoms with Crippen LogP contribution in [0.2, 0.25) is 0 Å². The number of hydrogen-bond acceptors (Lipinski definition) is 6. The van der Waals surface area contributed by atoms with E-state index in [-0.39, 0.29) is 35.8 Å². The molecule has 2 amide bonds. The van der Waals surface area contributed by atoms with Gasteiger partial charge in [0.25, 0.3) is 5.56 Å². The van der Waals surface area contributed by atoms with Crippen LogP contribution in [-0.4, -0.2) is 38.6 Å². The highest BCUT2D eigenvalue weighted by molar-refractivity contribution is 6.07. The topological polar surface area (TPSA) is 98.0 Å². The Bertz CT molecular complexity index is 1000. The van der Waals surface area contributed by atoms with E-state index in [1.54, 1.807) is 25.1 Å². The Morgan fingerprint density at radius 3 is 2.50 bits per heavy atom. The van der Waals surface area contributed by atoms with Gasteiger partial charge in [-0.15, -0.1) is 0 Å². The van der Waals surface area contributed by atoms with Gasteiger partial charge in [0.05, 0.1) is 17.5 Å². The van der Waals surface area contributed by atoms with E-state index in [0.717, 1.165) is 23.4 Å². The number of carbonyl (C=O) groups excluding carboxylic acids is 3. The van der Waals surface area contributed by atoms with E-state index in [1.807, 2.05) is 0 Å². The standard InChI is InChI=1S/C20H21N3O5/c1-12-5-4-8-16-21-13(9-17(24)23(12)16)11-28-18(25)10-22-19(26)14-6-2-3-7-15(14)20(22)27/h4-5,8-9,14-15H,2-3,6-7,10-11H2,1H3/t14-,15-/m0/s1. The van der Waals surface area contributed by atoms with Crippen molar-refractivity contribution in [3.8, 4) is 0 Å². The first-order valence-electron chi connectivity index (χ1n) is 9.45. The average Bonchev–Trinajstić information content (AvgIpc) is 2.91. The number of nitrogens with zero attached hydrogens (tertiary/aromatic N) is 3. The lowest BCUT2D eigenvalue weighted by Crippen LogP contribution is -2.36. The maximum atomic E-state index is 12.4. The Morgan fingerprint density at radius 1 is 1.14 bits per heavy atom. The second kappa shape index (κ2) is 7.18. The van der Waals surface area contributed by atoms with Crippen molar-refractivity contribution in [3.63, 3.8) is 0 Å². The number of esters is 1. The zero-order chi connectivity index (χ0) is 19.8. The highest BCUT2D eigenvalue weighted by Crippen LogP contribution is 2.37. The van der Waals surface area contributed by atoms with Gasteiger partial charge in [0.1, 0.15) is 18.8 Å². The molecule has 4 rings (SSSR count). The summed E-state index contributed by atoms with van der Waals surface area (Å²) < 4.78 is 6.65. The minimum absolute atomic E-state index is 0.193. The molecule has 0 unspecified atom stereocenters. The molecular formula is C20H21N3O5. The van der Waals surface area contributed by atoms with Gasteiger partial charge in [-0.25, -0.2) is 4.98 Å². The Hall–Kier alpha value is -3.03. The molecule has 28 heavy (non-hydrogen) atoms. The van der Waals surface area contributed by atoms with Gasteiger partial charge < -0.3 is 4.74 Å². The maximum Gasteiger partial charge on any atom is 0.326 e. The summed E-state index contributed by atoms with van der Waals surface area (Å²) in [6.07, 6.45) is 3.26. The molecule has 2 aromatic rings. The molecular weight excluding hydrogens is 362 g/mol. The summed E-state index contributed by atoms with van der Waals surface area (Å²) in [7, 11) is 0. The summed E-state index contributed by atoms with van der Waals surface area (Å²) >= 11 is 0. The molecule has 8 nitrogen and oxygen atoms in total. The van der Waals surface area contributed by atoms with E-state index in [1.165, 1.54) is 10.5 Å². The molecule has 2 fully saturated rings. The molecule has 3 heterocycles. The third-order valence-electron chi connectivity index (χ3n) is 5.53. The van der Waals surface area contributed by atoms with Crippen molar-refractivity contribution in [2.24, 2.45) is 11.8 Å². The molecule has 2 aliphatic rings. The fourth-order valence-corrected chi connectivity index (χ4v) is 4.15. The first-order valence-corrected chi connectivity index (χ1v) is 9.45. The number of fused-ring (bicyclic) bond motifs is 2. The van der Waals surface area contributed by atoms with Crippen LogP contribution < -0.4 is 5.56 Å². The number of hydrogen-bond donors (Lipinski definition) is 0. The second-order valence-corrected chi connectivity index (χ2v) is 7.37. The van der Waals surface area contributed by atoms with Gasteiger partial charge >= 0.3 is 5.97 Å². The van der Waals surface area contributed by atoms with Crippen LogP contribution in [0.3, 0.4) is 0 Å². The second-order valence-electron chi connectivity index (χ2n) is 7.37. The fraction of sp³-hybridized carbons (Fsp3) is 0.450. The number of rotatable bonds is 4. The number of pyridine rings is 1. The third-order valence-corrected chi connectivity index (χ3v) is 5.53. The van der Waals surface area contributed by atoms with Crippen molar-refractivity contribution in [2.75, 3.05) is 6.54 Å². The zero-order valence-corrected chi connectivity index (χ0v) is 15.6. The van der Waals surface area contributed by atoms with E-state index in [0.29, 0.717) is 24.2 Å². The molecule has 146 valence electrons. The van der Waals surface area contributed by atoms with Crippen molar-refractivity contribution >= 4 is 23.4 Å². The maximum absolute atomic E-state index is 12.4. The quantitative estimate of drug-likeness (QED) is 0.582. The lowest BCUT2D eigenvalue weighted by molar-refractivity contribution is -0.153. The van der Waals surface area contributed by atoms with E-state index >= 15 is 0 Å². The van der Waals surface area contributed by atoms with Gasteiger partial charge in [-0.3, -0.25) is 28.5 Å². The molecule has 0 radical (unpaired) electrons. The van der Waals surface area contributed by atoms with E-state index < -0.39 is 12.5 Å². The number of imide groups is 1. The molecule has 2 atom stereocenters. The molecule has 1 saturated carbocycles. The van der Waals surface area contributed by atoms with Gasteiger partial charge in [0, 0.05) is 11.8 Å². The highest BCUT2D eigenvalue weighted by Gasteiger charge is 2.48. The van der Waals surface area contributed by atoms with Crippen LogP contribution in [0.5, 0.6) is 0 Å². The van der Waals surface area contributed by atoms with Crippen LogP contribution in [-0.2, 0) is 25.7 Å². The van der Waals surface area contributed by atoms with Crippen LogP contribution in [0, 0.1) is 18.8 Å². The third kappa shape index (κ3) is 3.19. The SMILES string of the molecule is Cc1cccc2nc(COC(=O)CN3C(=O)[C@H]4CCCC[C@@H]4C3=O)cc(=O)n12. The number of ether oxygens (including phenoxy) is 1. The Balaban J connectivity index is 1.42. The molecule has 1 aliphatic carbocycles. The summed E-state index contributed by atoms with van der Waals surface area (Å²) in [5.74, 6) is -1.82. The highest BCUT2D eigenvalue weighted by atomic mass is 16.5. The van der Waals surface area contributed by atoms with Gasteiger partial charge in [0.2, 0.25) is 11.8 Å². The molecule has 0 aromatic carbocycles. The van der Waals surface area contributed by atoms with Crippen molar-refractivity contribution in [1.29, 1.82) is 0 Å². The zero-order valence-electron chi connectivity index (χ0n) is 15.6. The van der Waals surface area contributed by atoms with Gasteiger partial charge in [-0.1, -0.05) is 18.9 Å². The fourth-order valence-electron chi connectivity index (χ4n) is 4.15. The Morgan fingerprint density at radius 2 is 1.82 bits per heavy atom. The van der Waals surface area contributed by atoms with Crippen molar-refractivity contribution < 1.29 is 19.1 Å². The molecule has 0 N–H and O–H groups in total. The molecule has 0 spiro atoms. The summed E-state index contributed by atoms with van der Waals surface area (Å²) in [5.41, 5.74) is 1.28. The molecule has 0 bridgehead atoms. The van der Waals surface area contributed by atoms with Crippen molar-refractivity contribution in [1.82, 2.24) is 14.3 Å². The number of amides is 2. The Labute approximate surface area is 161 Å². The molecule has 1 aliphatic heterocycles. The van der Waals surface area contributed by atoms with Gasteiger partial charge in [-0.2, -0.15) is 0 Å². The molecule has 1 saturated heterocycles. The summed E-state index contributed by atoms with van der Waals surface area (Å²) in [6, 6.07) is 6.60. The number of carbonyl (C=O) groups is 3. The van der Waals surface area contributed by atoms with Crippen LogP contribution >= 0.6 is 0 Å². The smallest absolute Gasteiger partial charge is 0.326 e. The largest absolute Gasteiger partial charge is 0.458 e. The van der Waals surface area contributed by atoms with Crippen LogP contribution in [0.15, 0.2) is 29.1 Å². The lowest BCUT2D eigenvalue weighted by Gasteiger charge is -2.19. The first-order chi connectivity index (χ1) is 13.5. The van der Waals surface area contributed by atoms with Crippen molar-refractivity contribution in [2.45, 2.75) is 39.2 Å². The summed E-state index contributed by atoms with van der Waals surface area (Å²) in [4.78, 5) is 54.6. The monoisotopic (exact) mass is 383 g/mol. The summed E-state index contributed by atoms with van der Waals surface area (Å²) in [5, 5.41) is 0. The van der Waals surface area contributed by atoms with Crippen molar-refractivity contribution in [3.05, 3.63) is 46.0 Å². The predicted octanol–water partition coefficient (Wildman–Crippen LogP) is 1.22. The van der Waals surface area contributed by atoms with E-state index in [9.17, 15) is 19.2 Å². The van der Waals surface area contributed by atoms with E-state index in [4.69, 9.17) is 4.74 Å². The van der Waals surface area contributed by atoms with E-state index in [2.05, 4.69) is 4.98 Å². The van der Waals surface area contributed by atoms with Crippen LogP contribution in [0.1, 0.15) is 37.1 Å². The van der Waals surface area contributed by atoms with Gasteiger partial charge in [-0.05, 0) is 31.9 Å². The van der Waals surface area contributed by atoms with Crippen LogP contribution in [0.4, 0.5) is 0 Å². The Kier molecular flexibility index (Phi) is 4.70. The summed E-state index contributed by atoms with van der Waals surface area (Å²) in [6.45, 7) is 1.22. The first kappa shape index (κ1) is 18.3. The van der Waals surface area contributed by atoms with Gasteiger partial charge in [0.15, 0.2) is 0 Å². The molecule has 2 aromatic heterocycles. The molecule has 8 heteroatoms. The lowest BCUT2D eigenvalue weighted by atomic mass is 9.81. The average molecular weight is 383 g/mol. The predicted molar refractivity (Wildman–Crippen MR) is 98.2 cm³/mol. The number of aromatic nitrogens is 2. The van der Waals surface area contributed by atoms with Crippen LogP contribution in [0.25, 0.3) is 5.65 Å². The number of aryl methyl sites for hydroxylation is 1. The minimum Gasteiger partial charge on any atom is -0.458 e.